The van der Waals surface area contributed by atoms with Gasteiger partial charge in [-0.1, -0.05) is 18.2 Å². The first-order valence-corrected chi connectivity index (χ1v) is 9.77. The average Bonchev–Trinajstić information content (AvgIpc) is 2.71. The zero-order valence-corrected chi connectivity index (χ0v) is 17.2. The molecule has 0 unspecified atom stereocenters. The zero-order valence-electron chi connectivity index (χ0n) is 17.2. The van der Waals surface area contributed by atoms with Gasteiger partial charge in [0.25, 0.3) is 0 Å². The van der Waals surface area contributed by atoms with Crippen LogP contribution in [0.4, 0.5) is 11.4 Å². The predicted molar refractivity (Wildman–Crippen MR) is 114 cm³/mol. The molecule has 1 amide bonds. The number of piperazine rings is 1. The number of ketones is 1. The Balaban J connectivity index is 1.61. The number of benzene rings is 2. The van der Waals surface area contributed by atoms with E-state index in [1.807, 2.05) is 32.0 Å². The number of anilines is 2. The van der Waals surface area contributed by atoms with Crippen molar-refractivity contribution in [1.82, 2.24) is 4.90 Å². The fourth-order valence-corrected chi connectivity index (χ4v) is 3.65. The molecule has 2 aromatic rings. The molecular weight excluding hydrogens is 364 g/mol. The minimum absolute atomic E-state index is 0.0162. The number of amides is 1. The lowest BCUT2D eigenvalue weighted by Gasteiger charge is -2.36. The third kappa shape index (κ3) is 4.82. The molecule has 0 saturated carbocycles. The van der Waals surface area contributed by atoms with Gasteiger partial charge >= 0.3 is 0 Å². The van der Waals surface area contributed by atoms with Crippen molar-refractivity contribution in [2.24, 2.45) is 0 Å². The first-order chi connectivity index (χ1) is 13.9. The standard InChI is InChI=1S/C23H26N4O2/c1-16-5-4-6-17(2)23(16)25-22(29)15-26-9-11-27(12-10-26)21-13-19(18(3)28)7-8-20(21)14-24/h4-8,13H,9-12,15H2,1-3H3,(H,25,29). The van der Waals surface area contributed by atoms with Crippen LogP contribution in [-0.2, 0) is 4.79 Å². The van der Waals surface area contributed by atoms with Crippen molar-refractivity contribution in [3.8, 4) is 6.07 Å². The van der Waals surface area contributed by atoms with Crippen LogP contribution in [0, 0.1) is 25.2 Å². The third-order valence-corrected chi connectivity index (χ3v) is 5.35. The number of para-hydroxylation sites is 1. The fourth-order valence-electron chi connectivity index (χ4n) is 3.65. The molecule has 150 valence electrons. The van der Waals surface area contributed by atoms with Crippen LogP contribution < -0.4 is 10.2 Å². The van der Waals surface area contributed by atoms with Crippen LogP contribution >= 0.6 is 0 Å². The minimum atomic E-state index is -0.0212. The molecule has 0 aromatic heterocycles. The monoisotopic (exact) mass is 390 g/mol. The molecule has 1 N–H and O–H groups in total. The van der Waals surface area contributed by atoms with E-state index in [0.29, 0.717) is 30.8 Å². The van der Waals surface area contributed by atoms with E-state index >= 15 is 0 Å². The van der Waals surface area contributed by atoms with Gasteiger partial charge in [0.1, 0.15) is 6.07 Å². The van der Waals surface area contributed by atoms with E-state index < -0.39 is 0 Å². The number of nitriles is 1. The van der Waals surface area contributed by atoms with Crippen molar-refractivity contribution in [1.29, 1.82) is 5.26 Å². The van der Waals surface area contributed by atoms with Crippen LogP contribution in [0.1, 0.15) is 34.0 Å². The van der Waals surface area contributed by atoms with Crippen LogP contribution in [0.2, 0.25) is 0 Å². The normalized spacial score (nSPS) is 14.3. The molecule has 6 nitrogen and oxygen atoms in total. The number of Topliss-reactive ketones (excluding diaryl/α,β-unsaturated/α-hetero) is 1. The van der Waals surface area contributed by atoms with Crippen LogP contribution in [0.15, 0.2) is 36.4 Å². The summed E-state index contributed by atoms with van der Waals surface area (Å²) in [6, 6.07) is 13.4. The lowest BCUT2D eigenvalue weighted by atomic mass is 10.1. The summed E-state index contributed by atoms with van der Waals surface area (Å²) in [6.07, 6.45) is 0. The summed E-state index contributed by atoms with van der Waals surface area (Å²) >= 11 is 0. The average molecular weight is 390 g/mol. The molecule has 6 heteroatoms. The maximum atomic E-state index is 12.5. The first kappa shape index (κ1) is 20.6. The van der Waals surface area contributed by atoms with Crippen LogP contribution in [0.25, 0.3) is 0 Å². The third-order valence-electron chi connectivity index (χ3n) is 5.35. The summed E-state index contributed by atoms with van der Waals surface area (Å²) in [4.78, 5) is 28.4. The highest BCUT2D eigenvalue weighted by Gasteiger charge is 2.22. The maximum absolute atomic E-state index is 12.5. The summed E-state index contributed by atoms with van der Waals surface area (Å²) in [7, 11) is 0. The molecule has 1 fully saturated rings. The molecular formula is C23H26N4O2. The maximum Gasteiger partial charge on any atom is 0.238 e. The van der Waals surface area contributed by atoms with E-state index in [1.54, 1.807) is 18.2 Å². The highest BCUT2D eigenvalue weighted by Crippen LogP contribution is 2.24. The Bertz CT molecular complexity index is 949. The van der Waals surface area contributed by atoms with E-state index in [2.05, 4.69) is 21.2 Å². The second kappa shape index (κ2) is 8.89. The Morgan fingerprint density at radius 3 is 2.31 bits per heavy atom. The fraction of sp³-hybridized carbons (Fsp3) is 0.348. The SMILES string of the molecule is CC(=O)c1ccc(C#N)c(N2CCN(CC(=O)Nc3c(C)cccc3C)CC2)c1. The Labute approximate surface area is 171 Å². The Morgan fingerprint density at radius 2 is 1.72 bits per heavy atom. The van der Waals surface area contributed by atoms with Gasteiger partial charge < -0.3 is 10.2 Å². The summed E-state index contributed by atoms with van der Waals surface area (Å²) in [5.41, 5.74) is 4.96. The Kier molecular flexibility index (Phi) is 6.30. The number of hydrogen-bond acceptors (Lipinski definition) is 5. The topological polar surface area (TPSA) is 76.4 Å². The van der Waals surface area contributed by atoms with Crippen molar-refractivity contribution in [3.63, 3.8) is 0 Å². The number of hydrogen-bond donors (Lipinski definition) is 1. The van der Waals surface area contributed by atoms with Gasteiger partial charge in [0.2, 0.25) is 5.91 Å². The van der Waals surface area contributed by atoms with Crippen molar-refractivity contribution in [3.05, 3.63) is 58.7 Å². The summed E-state index contributed by atoms with van der Waals surface area (Å²) < 4.78 is 0. The lowest BCUT2D eigenvalue weighted by molar-refractivity contribution is -0.117. The van der Waals surface area contributed by atoms with Crippen molar-refractivity contribution in [2.75, 3.05) is 42.9 Å². The second-order valence-corrected chi connectivity index (χ2v) is 7.48. The number of aryl methyl sites for hydroxylation is 2. The van der Waals surface area contributed by atoms with Gasteiger partial charge in [0.05, 0.1) is 17.8 Å². The number of nitrogens with one attached hydrogen (secondary N) is 1. The van der Waals surface area contributed by atoms with Gasteiger partial charge in [0, 0.05) is 37.4 Å². The van der Waals surface area contributed by atoms with E-state index in [9.17, 15) is 14.9 Å². The largest absolute Gasteiger partial charge is 0.368 e. The summed E-state index contributed by atoms with van der Waals surface area (Å²) in [6.45, 7) is 8.68. The number of carbonyl (C=O) groups excluding carboxylic acids is 2. The van der Waals surface area contributed by atoms with Crippen molar-refractivity contribution < 1.29 is 9.59 Å². The lowest BCUT2D eigenvalue weighted by Crippen LogP contribution is -2.49. The molecule has 3 rings (SSSR count). The molecule has 0 spiro atoms. The molecule has 1 aliphatic heterocycles. The molecule has 0 radical (unpaired) electrons. The number of rotatable bonds is 5. The number of nitrogens with zero attached hydrogens (tertiary/aromatic N) is 3. The molecule has 29 heavy (non-hydrogen) atoms. The van der Waals surface area contributed by atoms with Gasteiger partial charge in [-0.15, -0.1) is 0 Å². The molecule has 2 aromatic carbocycles. The molecule has 1 aliphatic rings. The van der Waals surface area contributed by atoms with Gasteiger partial charge in [0.15, 0.2) is 5.78 Å². The Hall–Kier alpha value is -3.17. The highest BCUT2D eigenvalue weighted by atomic mass is 16.2. The van der Waals surface area contributed by atoms with Crippen molar-refractivity contribution >= 4 is 23.1 Å². The first-order valence-electron chi connectivity index (χ1n) is 9.77. The van der Waals surface area contributed by atoms with E-state index in [0.717, 1.165) is 35.6 Å². The van der Waals surface area contributed by atoms with Gasteiger partial charge in [-0.3, -0.25) is 14.5 Å². The van der Waals surface area contributed by atoms with Gasteiger partial charge in [-0.05, 0) is 50.1 Å². The van der Waals surface area contributed by atoms with Crippen LogP contribution in [-0.4, -0.2) is 49.3 Å². The minimum Gasteiger partial charge on any atom is -0.368 e. The van der Waals surface area contributed by atoms with Crippen molar-refractivity contribution in [2.45, 2.75) is 20.8 Å². The molecule has 0 atom stereocenters. The smallest absolute Gasteiger partial charge is 0.238 e. The number of carbonyl (C=O) groups is 2. The zero-order chi connectivity index (χ0) is 21.0. The second-order valence-electron chi connectivity index (χ2n) is 7.48. The van der Waals surface area contributed by atoms with E-state index in [1.165, 1.54) is 6.92 Å². The van der Waals surface area contributed by atoms with Crippen LogP contribution in [0.5, 0.6) is 0 Å². The summed E-state index contributed by atoms with van der Waals surface area (Å²) in [5.74, 6) is -0.0373. The highest BCUT2D eigenvalue weighted by molar-refractivity contribution is 5.95. The van der Waals surface area contributed by atoms with E-state index in [-0.39, 0.29) is 11.7 Å². The summed E-state index contributed by atoms with van der Waals surface area (Å²) in [5, 5.41) is 12.4. The molecule has 0 aliphatic carbocycles. The Morgan fingerprint density at radius 1 is 1.07 bits per heavy atom. The molecule has 1 heterocycles. The van der Waals surface area contributed by atoms with Gasteiger partial charge in [-0.2, -0.15) is 5.26 Å². The molecule has 1 saturated heterocycles. The van der Waals surface area contributed by atoms with E-state index in [4.69, 9.17) is 0 Å². The molecule has 0 bridgehead atoms. The van der Waals surface area contributed by atoms with Gasteiger partial charge in [-0.25, -0.2) is 0 Å². The predicted octanol–water partition coefficient (Wildman–Crippen LogP) is 3.14. The van der Waals surface area contributed by atoms with Crippen LogP contribution in [0.3, 0.4) is 0 Å². The quantitative estimate of drug-likeness (QED) is 0.794.